The van der Waals surface area contributed by atoms with E-state index in [1.54, 1.807) is 30.3 Å². The molecule has 0 aliphatic rings. The van der Waals surface area contributed by atoms with E-state index in [4.69, 9.17) is 0 Å². The summed E-state index contributed by atoms with van der Waals surface area (Å²) in [6.45, 7) is 3.12. The summed E-state index contributed by atoms with van der Waals surface area (Å²) in [6, 6.07) is 13.0. The molecule has 0 saturated heterocycles. The highest BCUT2D eigenvalue weighted by Gasteiger charge is 2.12. The van der Waals surface area contributed by atoms with E-state index in [1.807, 2.05) is 13.0 Å². The maximum atomic E-state index is 13.0. The van der Waals surface area contributed by atoms with Crippen LogP contribution in [0.2, 0.25) is 0 Å². The molecule has 4 nitrogen and oxygen atoms in total. The van der Waals surface area contributed by atoms with Crippen LogP contribution in [-0.2, 0) is 16.6 Å². The first-order chi connectivity index (χ1) is 10.5. The molecule has 22 heavy (non-hydrogen) atoms. The van der Waals surface area contributed by atoms with Crippen LogP contribution in [0.4, 0.5) is 4.39 Å². The number of nitrogens with one attached hydrogen (secondary N) is 2. The molecule has 0 heterocycles. The molecule has 2 aromatic rings. The van der Waals surface area contributed by atoms with Gasteiger partial charge in [-0.1, -0.05) is 29.8 Å². The number of benzene rings is 2. The zero-order valence-electron chi connectivity index (χ0n) is 12.3. The lowest BCUT2D eigenvalue weighted by Gasteiger charge is -2.08. The van der Waals surface area contributed by atoms with Gasteiger partial charge in [0.1, 0.15) is 5.82 Å². The lowest BCUT2D eigenvalue weighted by Crippen LogP contribution is -2.31. The zero-order valence-corrected chi connectivity index (χ0v) is 13.2. The molecule has 0 amide bonds. The second kappa shape index (κ2) is 7.49. The Morgan fingerprint density at radius 3 is 2.45 bits per heavy atom. The van der Waals surface area contributed by atoms with Crippen LogP contribution in [0.3, 0.4) is 0 Å². The molecule has 0 bridgehead atoms. The van der Waals surface area contributed by atoms with Crippen molar-refractivity contribution < 1.29 is 12.8 Å². The molecule has 0 aliphatic carbocycles. The summed E-state index contributed by atoms with van der Waals surface area (Å²) in [5.41, 5.74) is 1.83. The smallest absolute Gasteiger partial charge is 0.240 e. The van der Waals surface area contributed by atoms with E-state index in [-0.39, 0.29) is 17.3 Å². The summed E-state index contributed by atoms with van der Waals surface area (Å²) in [7, 11) is -3.48. The van der Waals surface area contributed by atoms with E-state index in [1.165, 1.54) is 12.1 Å². The van der Waals surface area contributed by atoms with Crippen molar-refractivity contribution in [2.24, 2.45) is 0 Å². The Labute approximate surface area is 130 Å². The standard InChI is InChI=1S/C16H19FN2O2S/c1-13-5-7-16(8-6-13)22(20,21)19-10-9-18-12-14-3-2-4-15(17)11-14/h2-8,11,18-19H,9-10,12H2,1H3. The van der Waals surface area contributed by atoms with Crippen LogP contribution in [0.15, 0.2) is 53.4 Å². The fraction of sp³-hybridized carbons (Fsp3) is 0.250. The van der Waals surface area contributed by atoms with Crippen LogP contribution in [0.5, 0.6) is 0 Å². The zero-order chi connectivity index (χ0) is 16.0. The average Bonchev–Trinajstić information content (AvgIpc) is 2.47. The van der Waals surface area contributed by atoms with Gasteiger partial charge in [-0.05, 0) is 36.8 Å². The molecular formula is C16H19FN2O2S. The van der Waals surface area contributed by atoms with E-state index >= 15 is 0 Å². The summed E-state index contributed by atoms with van der Waals surface area (Å²) in [5.74, 6) is -0.278. The van der Waals surface area contributed by atoms with Crippen LogP contribution >= 0.6 is 0 Å². The van der Waals surface area contributed by atoms with Crippen molar-refractivity contribution in [1.82, 2.24) is 10.0 Å². The van der Waals surface area contributed by atoms with Gasteiger partial charge in [-0.2, -0.15) is 0 Å². The van der Waals surface area contributed by atoms with Gasteiger partial charge >= 0.3 is 0 Å². The van der Waals surface area contributed by atoms with Gasteiger partial charge in [0.05, 0.1) is 4.90 Å². The molecule has 0 unspecified atom stereocenters. The molecule has 0 fully saturated rings. The number of hydrogen-bond acceptors (Lipinski definition) is 3. The van der Waals surface area contributed by atoms with Gasteiger partial charge in [0, 0.05) is 19.6 Å². The lowest BCUT2D eigenvalue weighted by atomic mass is 10.2. The Bertz CT molecular complexity index is 715. The highest BCUT2D eigenvalue weighted by molar-refractivity contribution is 7.89. The SMILES string of the molecule is Cc1ccc(S(=O)(=O)NCCNCc2cccc(F)c2)cc1. The molecule has 6 heteroatoms. The number of hydrogen-bond donors (Lipinski definition) is 2. The number of rotatable bonds is 7. The maximum Gasteiger partial charge on any atom is 0.240 e. The van der Waals surface area contributed by atoms with Crippen molar-refractivity contribution in [2.75, 3.05) is 13.1 Å². The molecule has 2 N–H and O–H groups in total. The van der Waals surface area contributed by atoms with Crippen LogP contribution in [0.1, 0.15) is 11.1 Å². The van der Waals surface area contributed by atoms with Gasteiger partial charge in [0.15, 0.2) is 0 Å². The molecule has 0 aliphatic heterocycles. The highest BCUT2D eigenvalue weighted by atomic mass is 32.2. The van der Waals surface area contributed by atoms with Gasteiger partial charge in [-0.25, -0.2) is 17.5 Å². The number of sulfonamides is 1. The van der Waals surface area contributed by atoms with Crippen molar-refractivity contribution in [3.05, 3.63) is 65.5 Å². The third-order valence-electron chi connectivity index (χ3n) is 3.14. The average molecular weight is 322 g/mol. The molecule has 0 radical (unpaired) electrons. The molecule has 2 aromatic carbocycles. The van der Waals surface area contributed by atoms with Crippen molar-refractivity contribution in [3.8, 4) is 0 Å². The van der Waals surface area contributed by atoms with Gasteiger partial charge in [-0.3, -0.25) is 0 Å². The summed E-state index contributed by atoms with van der Waals surface area (Å²) in [6.07, 6.45) is 0. The van der Waals surface area contributed by atoms with Gasteiger partial charge in [-0.15, -0.1) is 0 Å². The Kier molecular flexibility index (Phi) is 5.65. The molecular weight excluding hydrogens is 303 g/mol. The molecule has 118 valence electrons. The van der Waals surface area contributed by atoms with Gasteiger partial charge < -0.3 is 5.32 Å². The Morgan fingerprint density at radius 2 is 1.77 bits per heavy atom. The normalized spacial score (nSPS) is 11.5. The summed E-state index contributed by atoms with van der Waals surface area (Å²) >= 11 is 0. The topological polar surface area (TPSA) is 58.2 Å². The largest absolute Gasteiger partial charge is 0.311 e. The van der Waals surface area contributed by atoms with E-state index in [0.29, 0.717) is 13.1 Å². The predicted molar refractivity (Wildman–Crippen MR) is 84.5 cm³/mol. The number of halogens is 1. The lowest BCUT2D eigenvalue weighted by molar-refractivity contribution is 0.575. The predicted octanol–water partition coefficient (Wildman–Crippen LogP) is 2.20. The third-order valence-corrected chi connectivity index (χ3v) is 4.62. The first-order valence-corrected chi connectivity index (χ1v) is 8.47. The van der Waals surface area contributed by atoms with Crippen molar-refractivity contribution >= 4 is 10.0 Å². The summed E-state index contributed by atoms with van der Waals surface area (Å²) in [4.78, 5) is 0.253. The minimum atomic E-state index is -3.48. The second-order valence-corrected chi connectivity index (χ2v) is 6.78. The number of aryl methyl sites for hydroxylation is 1. The second-order valence-electron chi connectivity index (χ2n) is 5.02. The Morgan fingerprint density at radius 1 is 1.05 bits per heavy atom. The monoisotopic (exact) mass is 322 g/mol. The quantitative estimate of drug-likeness (QED) is 0.768. The maximum absolute atomic E-state index is 13.0. The van der Waals surface area contributed by atoms with Gasteiger partial charge in [0.25, 0.3) is 0 Å². The molecule has 0 spiro atoms. The molecule has 0 saturated carbocycles. The summed E-state index contributed by atoms with van der Waals surface area (Å²) in [5, 5.41) is 3.07. The Hall–Kier alpha value is -1.76. The molecule has 0 aromatic heterocycles. The van der Waals surface area contributed by atoms with Gasteiger partial charge in [0.2, 0.25) is 10.0 Å². The summed E-state index contributed by atoms with van der Waals surface area (Å²) < 4.78 is 39.6. The minimum Gasteiger partial charge on any atom is -0.311 e. The van der Waals surface area contributed by atoms with E-state index in [9.17, 15) is 12.8 Å². The fourth-order valence-electron chi connectivity index (χ4n) is 1.95. The first-order valence-electron chi connectivity index (χ1n) is 6.99. The highest BCUT2D eigenvalue weighted by Crippen LogP contribution is 2.09. The van der Waals surface area contributed by atoms with Crippen LogP contribution in [0.25, 0.3) is 0 Å². The van der Waals surface area contributed by atoms with E-state index in [0.717, 1.165) is 11.1 Å². The van der Waals surface area contributed by atoms with Crippen molar-refractivity contribution in [1.29, 1.82) is 0 Å². The molecule has 2 rings (SSSR count). The van der Waals surface area contributed by atoms with E-state index in [2.05, 4.69) is 10.0 Å². The van der Waals surface area contributed by atoms with Crippen molar-refractivity contribution in [2.45, 2.75) is 18.4 Å². The van der Waals surface area contributed by atoms with Crippen molar-refractivity contribution in [3.63, 3.8) is 0 Å². The van der Waals surface area contributed by atoms with E-state index < -0.39 is 10.0 Å². The third kappa shape index (κ3) is 4.91. The molecule has 0 atom stereocenters. The Balaban J connectivity index is 1.77. The fourth-order valence-corrected chi connectivity index (χ4v) is 2.99. The minimum absolute atomic E-state index is 0.253. The van der Waals surface area contributed by atoms with Crippen LogP contribution in [0, 0.1) is 12.7 Å². The van der Waals surface area contributed by atoms with Crippen LogP contribution in [-0.4, -0.2) is 21.5 Å². The first kappa shape index (κ1) is 16.6. The van der Waals surface area contributed by atoms with Crippen LogP contribution < -0.4 is 10.0 Å².